The molecule has 120 valence electrons. The highest BCUT2D eigenvalue weighted by Gasteiger charge is 2.31. The van der Waals surface area contributed by atoms with Crippen molar-refractivity contribution in [1.82, 2.24) is 9.47 Å². The van der Waals surface area contributed by atoms with Crippen LogP contribution in [0.2, 0.25) is 0 Å². The Balaban J connectivity index is 2.42. The summed E-state index contributed by atoms with van der Waals surface area (Å²) in [6.07, 6.45) is 1.31. The van der Waals surface area contributed by atoms with Gasteiger partial charge in [0.05, 0.1) is 4.92 Å². The second-order valence-corrected chi connectivity index (χ2v) is 5.57. The van der Waals surface area contributed by atoms with Gasteiger partial charge in [-0.2, -0.15) is 0 Å². The van der Waals surface area contributed by atoms with Gasteiger partial charge in [-0.1, -0.05) is 12.1 Å². The van der Waals surface area contributed by atoms with E-state index in [-0.39, 0.29) is 22.8 Å². The third-order valence-corrected chi connectivity index (χ3v) is 4.13. The van der Waals surface area contributed by atoms with Crippen LogP contribution < -0.4 is 0 Å². The van der Waals surface area contributed by atoms with Gasteiger partial charge in [0.2, 0.25) is 0 Å². The van der Waals surface area contributed by atoms with Gasteiger partial charge < -0.3 is 14.6 Å². The van der Waals surface area contributed by atoms with Crippen molar-refractivity contribution in [2.75, 3.05) is 13.6 Å². The minimum absolute atomic E-state index is 0.188. The predicted octanol–water partition coefficient (Wildman–Crippen LogP) is 1.65. The summed E-state index contributed by atoms with van der Waals surface area (Å²) in [5, 5.41) is 21.1. The maximum atomic E-state index is 12.6. The first kappa shape index (κ1) is 15.0. The van der Waals surface area contributed by atoms with Crippen molar-refractivity contribution >= 4 is 28.5 Å². The van der Waals surface area contributed by atoms with Gasteiger partial charge in [-0.3, -0.25) is 19.7 Å². The van der Waals surface area contributed by atoms with E-state index in [4.69, 9.17) is 0 Å². The molecule has 0 radical (unpaired) electrons. The highest BCUT2D eigenvalue weighted by atomic mass is 16.6. The Labute approximate surface area is 131 Å². The first-order chi connectivity index (χ1) is 10.9. The van der Waals surface area contributed by atoms with Crippen LogP contribution in [0.3, 0.4) is 0 Å². The topological polar surface area (TPSA) is 106 Å². The fraction of sp³-hybridized carbons (Fsp3) is 0.333. The molecule has 0 saturated heterocycles. The summed E-state index contributed by atoms with van der Waals surface area (Å²) in [4.78, 5) is 36.2. The number of hydrogen-bond donors (Lipinski definition) is 1. The lowest BCUT2D eigenvalue weighted by Gasteiger charge is -2.15. The molecule has 0 aliphatic carbocycles. The van der Waals surface area contributed by atoms with Gasteiger partial charge in [-0.15, -0.1) is 0 Å². The number of aryl methyl sites for hydroxylation is 1. The molecule has 1 aromatic carbocycles. The van der Waals surface area contributed by atoms with Crippen molar-refractivity contribution in [3.63, 3.8) is 0 Å². The molecule has 0 saturated carbocycles. The summed E-state index contributed by atoms with van der Waals surface area (Å²) in [6.45, 7) is 0.0767. The largest absolute Gasteiger partial charge is 0.480 e. The zero-order valence-electron chi connectivity index (χ0n) is 12.5. The summed E-state index contributed by atoms with van der Waals surface area (Å²) in [5.74, 6) is -1.45. The van der Waals surface area contributed by atoms with Crippen LogP contribution in [0.15, 0.2) is 18.2 Å². The summed E-state index contributed by atoms with van der Waals surface area (Å²) < 4.78 is 1.27. The third kappa shape index (κ3) is 2.32. The molecule has 0 fully saturated rings. The molecule has 1 aromatic heterocycles. The van der Waals surface area contributed by atoms with E-state index in [2.05, 4.69) is 0 Å². The summed E-state index contributed by atoms with van der Waals surface area (Å²) in [7, 11) is 1.65. The minimum atomic E-state index is -1.15. The van der Waals surface area contributed by atoms with Crippen LogP contribution in [-0.2, 0) is 17.8 Å². The Morgan fingerprint density at radius 3 is 2.83 bits per heavy atom. The normalized spacial score (nSPS) is 14.7. The monoisotopic (exact) mass is 317 g/mol. The molecule has 0 atom stereocenters. The van der Waals surface area contributed by atoms with Gasteiger partial charge in [0, 0.05) is 25.0 Å². The maximum Gasteiger partial charge on any atom is 0.323 e. The van der Waals surface area contributed by atoms with Crippen LogP contribution in [0.1, 0.15) is 22.5 Å². The van der Waals surface area contributed by atoms with Crippen LogP contribution in [-0.4, -0.2) is 45.0 Å². The first-order valence-electron chi connectivity index (χ1n) is 7.17. The third-order valence-electron chi connectivity index (χ3n) is 4.13. The average Bonchev–Trinajstić information content (AvgIpc) is 2.71. The number of nitro benzene ring substituents is 1. The number of non-ortho nitro benzene ring substituents is 1. The van der Waals surface area contributed by atoms with Crippen LogP contribution in [0, 0.1) is 10.1 Å². The van der Waals surface area contributed by atoms with E-state index in [0.29, 0.717) is 23.9 Å². The van der Waals surface area contributed by atoms with Crippen molar-refractivity contribution in [3.8, 4) is 0 Å². The number of benzene rings is 1. The lowest BCUT2D eigenvalue weighted by molar-refractivity contribution is -0.383. The van der Waals surface area contributed by atoms with Crippen LogP contribution in [0.25, 0.3) is 10.9 Å². The van der Waals surface area contributed by atoms with E-state index < -0.39 is 17.4 Å². The van der Waals surface area contributed by atoms with Gasteiger partial charge >= 0.3 is 5.97 Å². The summed E-state index contributed by atoms with van der Waals surface area (Å²) >= 11 is 0. The number of hydrogen-bond acceptors (Lipinski definition) is 4. The number of carboxylic acid groups (broad SMARTS) is 1. The molecular formula is C15H15N3O5. The zero-order chi connectivity index (χ0) is 16.7. The van der Waals surface area contributed by atoms with Crippen LogP contribution in [0.4, 0.5) is 5.69 Å². The van der Waals surface area contributed by atoms with Gasteiger partial charge in [0.25, 0.3) is 11.6 Å². The highest BCUT2D eigenvalue weighted by molar-refractivity contribution is 6.04. The Morgan fingerprint density at radius 1 is 1.43 bits per heavy atom. The number of carboxylic acids is 1. The van der Waals surface area contributed by atoms with E-state index >= 15 is 0 Å². The number of fused-ring (bicyclic) bond motifs is 3. The number of carbonyl (C=O) groups excluding carboxylic acids is 1. The SMILES string of the molecule is CN1CCCc2c(n(CC(=O)O)c3c([N+](=O)[O-])cccc23)C1=O. The molecule has 2 heterocycles. The number of nitro groups is 1. The van der Waals surface area contributed by atoms with Gasteiger partial charge in [-0.05, 0) is 18.4 Å². The molecule has 1 aliphatic rings. The van der Waals surface area contributed by atoms with E-state index in [1.54, 1.807) is 19.2 Å². The van der Waals surface area contributed by atoms with Gasteiger partial charge in [0.15, 0.2) is 0 Å². The Hall–Kier alpha value is -2.90. The summed E-state index contributed by atoms with van der Waals surface area (Å²) in [5.41, 5.74) is 0.955. The molecule has 2 aromatic rings. The van der Waals surface area contributed by atoms with Gasteiger partial charge in [-0.25, -0.2) is 0 Å². The molecule has 0 bridgehead atoms. The number of aliphatic carboxylic acids is 1. The Bertz CT molecular complexity index is 839. The van der Waals surface area contributed by atoms with E-state index in [1.807, 2.05) is 0 Å². The molecule has 0 spiro atoms. The number of rotatable bonds is 3. The van der Waals surface area contributed by atoms with Crippen molar-refractivity contribution in [3.05, 3.63) is 39.6 Å². The first-order valence-corrected chi connectivity index (χ1v) is 7.17. The molecule has 3 rings (SSSR count). The number of carbonyl (C=O) groups is 2. The predicted molar refractivity (Wildman–Crippen MR) is 81.5 cm³/mol. The molecule has 8 heteroatoms. The smallest absolute Gasteiger partial charge is 0.323 e. The maximum absolute atomic E-state index is 12.6. The number of nitrogens with zero attached hydrogens (tertiary/aromatic N) is 3. The Morgan fingerprint density at radius 2 is 2.17 bits per heavy atom. The lowest BCUT2D eigenvalue weighted by atomic mass is 10.1. The lowest BCUT2D eigenvalue weighted by Crippen LogP contribution is -2.29. The number of para-hydroxylation sites is 1. The Kier molecular flexibility index (Phi) is 3.51. The molecule has 1 N–H and O–H groups in total. The number of amides is 1. The minimum Gasteiger partial charge on any atom is -0.480 e. The van der Waals surface area contributed by atoms with Crippen molar-refractivity contribution in [2.45, 2.75) is 19.4 Å². The van der Waals surface area contributed by atoms with Gasteiger partial charge in [0.1, 0.15) is 17.8 Å². The number of aromatic nitrogens is 1. The fourth-order valence-corrected chi connectivity index (χ4v) is 3.17. The van der Waals surface area contributed by atoms with Crippen LogP contribution in [0.5, 0.6) is 0 Å². The molecule has 1 aliphatic heterocycles. The average molecular weight is 317 g/mol. The van der Waals surface area contributed by atoms with Crippen LogP contribution >= 0.6 is 0 Å². The molecule has 1 amide bonds. The molecular weight excluding hydrogens is 302 g/mol. The van der Waals surface area contributed by atoms with Crippen molar-refractivity contribution in [2.24, 2.45) is 0 Å². The van der Waals surface area contributed by atoms with E-state index in [9.17, 15) is 24.8 Å². The summed E-state index contributed by atoms with van der Waals surface area (Å²) in [6, 6.07) is 4.59. The van der Waals surface area contributed by atoms with E-state index in [0.717, 1.165) is 6.42 Å². The second kappa shape index (κ2) is 5.38. The highest BCUT2D eigenvalue weighted by Crippen LogP contribution is 2.35. The quantitative estimate of drug-likeness (QED) is 0.684. The standard InChI is InChI=1S/C15H15N3O5/c1-16-7-3-5-10-9-4-2-6-11(18(22)23)13(9)17(8-12(19)20)14(10)15(16)21/h2,4,6H,3,5,7-8H2,1H3,(H,19,20). The molecule has 0 unspecified atom stereocenters. The molecule has 23 heavy (non-hydrogen) atoms. The van der Waals surface area contributed by atoms with Crippen molar-refractivity contribution < 1.29 is 19.6 Å². The van der Waals surface area contributed by atoms with Crippen molar-refractivity contribution in [1.29, 1.82) is 0 Å². The second-order valence-electron chi connectivity index (χ2n) is 5.57. The van der Waals surface area contributed by atoms with E-state index in [1.165, 1.54) is 15.5 Å². The fourth-order valence-electron chi connectivity index (χ4n) is 3.17. The molecule has 8 nitrogen and oxygen atoms in total. The zero-order valence-corrected chi connectivity index (χ0v) is 12.5.